The summed E-state index contributed by atoms with van der Waals surface area (Å²) in [5, 5.41) is 20.8. The van der Waals surface area contributed by atoms with Crippen molar-refractivity contribution in [2.24, 2.45) is 0 Å². The molecule has 0 aliphatic rings. The number of aliphatic hydroxyl groups is 2. The van der Waals surface area contributed by atoms with Crippen molar-refractivity contribution in [2.45, 2.75) is 33.3 Å². The molecule has 1 amide bonds. The molecule has 2 heterocycles. The zero-order chi connectivity index (χ0) is 17.0. The second kappa shape index (κ2) is 7.68. The zero-order valence-corrected chi connectivity index (χ0v) is 14.4. The Morgan fingerprint density at radius 3 is 2.70 bits per heavy atom. The molecule has 1 atom stereocenters. The van der Waals surface area contributed by atoms with Crippen LogP contribution in [-0.4, -0.2) is 40.4 Å². The Hall–Kier alpha value is -1.76. The van der Waals surface area contributed by atoms with E-state index in [1.807, 2.05) is 39.0 Å². The number of rotatable bonds is 6. The van der Waals surface area contributed by atoms with E-state index in [0.717, 1.165) is 33.8 Å². The Morgan fingerprint density at radius 1 is 1.35 bits per heavy atom. The average molecular weight is 334 g/mol. The molecule has 124 valence electrons. The molecule has 23 heavy (non-hydrogen) atoms. The molecule has 0 spiro atoms. The maximum Gasteiger partial charge on any atom is 0.261 e. The van der Waals surface area contributed by atoms with Crippen LogP contribution in [0.5, 0.6) is 0 Å². The molecule has 6 heteroatoms. The van der Waals surface area contributed by atoms with Crippen LogP contribution in [0.2, 0.25) is 0 Å². The number of aliphatic hydroxyl groups excluding tert-OH is 2. The first-order valence-electron chi connectivity index (χ1n) is 7.60. The third-order valence-corrected chi connectivity index (χ3v) is 4.65. The number of nitrogens with zero attached hydrogens (tertiary/aromatic N) is 1. The molecule has 3 N–H and O–H groups in total. The fraction of sp³-hybridized carbons (Fsp3) is 0.412. The van der Waals surface area contributed by atoms with Crippen molar-refractivity contribution in [1.29, 1.82) is 0 Å². The molecule has 0 aliphatic heterocycles. The highest BCUT2D eigenvalue weighted by Crippen LogP contribution is 2.31. The summed E-state index contributed by atoms with van der Waals surface area (Å²) < 4.78 is 0. The number of thiophene rings is 1. The fourth-order valence-electron chi connectivity index (χ4n) is 2.33. The minimum atomic E-state index is -0.940. The van der Waals surface area contributed by atoms with E-state index < -0.39 is 6.10 Å². The van der Waals surface area contributed by atoms with Gasteiger partial charge in [0.1, 0.15) is 0 Å². The fourth-order valence-corrected chi connectivity index (χ4v) is 3.46. The van der Waals surface area contributed by atoms with E-state index in [-0.39, 0.29) is 19.1 Å². The van der Waals surface area contributed by atoms with Gasteiger partial charge >= 0.3 is 0 Å². The first-order valence-corrected chi connectivity index (χ1v) is 8.41. The largest absolute Gasteiger partial charge is 0.394 e. The summed E-state index contributed by atoms with van der Waals surface area (Å²) in [5.74, 6) is -0.227. The Balaban J connectivity index is 2.28. The maximum atomic E-state index is 12.3. The predicted octanol–water partition coefficient (Wildman–Crippen LogP) is 2.07. The van der Waals surface area contributed by atoms with Gasteiger partial charge < -0.3 is 15.5 Å². The van der Waals surface area contributed by atoms with Crippen molar-refractivity contribution in [3.63, 3.8) is 0 Å². The van der Waals surface area contributed by atoms with Crippen LogP contribution in [0.1, 0.15) is 33.4 Å². The summed E-state index contributed by atoms with van der Waals surface area (Å²) in [5.41, 5.74) is 3.91. The summed E-state index contributed by atoms with van der Waals surface area (Å²) in [4.78, 5) is 18.4. The minimum absolute atomic E-state index is 0.0352. The van der Waals surface area contributed by atoms with Crippen molar-refractivity contribution in [2.75, 3.05) is 13.2 Å². The van der Waals surface area contributed by atoms with Crippen molar-refractivity contribution in [3.05, 3.63) is 39.9 Å². The van der Waals surface area contributed by atoms with Crippen LogP contribution in [0.4, 0.5) is 0 Å². The monoisotopic (exact) mass is 334 g/mol. The Bertz CT molecular complexity index is 677. The summed E-state index contributed by atoms with van der Waals surface area (Å²) in [7, 11) is 0. The molecule has 0 fully saturated rings. The van der Waals surface area contributed by atoms with Gasteiger partial charge in [-0.05, 0) is 49.6 Å². The molecule has 1 unspecified atom stereocenters. The van der Waals surface area contributed by atoms with Gasteiger partial charge in [0.05, 0.1) is 28.2 Å². The van der Waals surface area contributed by atoms with Crippen LogP contribution in [0.25, 0.3) is 10.6 Å². The van der Waals surface area contributed by atoms with Gasteiger partial charge in [-0.2, -0.15) is 0 Å². The van der Waals surface area contributed by atoms with E-state index in [9.17, 15) is 9.90 Å². The van der Waals surface area contributed by atoms with Gasteiger partial charge in [-0.15, -0.1) is 11.3 Å². The number of amides is 1. The van der Waals surface area contributed by atoms with Crippen molar-refractivity contribution in [3.8, 4) is 10.6 Å². The topological polar surface area (TPSA) is 82.5 Å². The Labute approximate surface area is 140 Å². The van der Waals surface area contributed by atoms with Gasteiger partial charge in [-0.1, -0.05) is 6.92 Å². The number of carbonyl (C=O) groups excluding carboxylic acids is 1. The van der Waals surface area contributed by atoms with Gasteiger partial charge in [0.25, 0.3) is 5.91 Å². The molecule has 0 bridgehead atoms. The molecule has 0 aliphatic carbocycles. The van der Waals surface area contributed by atoms with Crippen LogP contribution in [0, 0.1) is 13.8 Å². The summed E-state index contributed by atoms with van der Waals surface area (Å²) >= 11 is 1.40. The van der Waals surface area contributed by atoms with Gasteiger partial charge in [0.15, 0.2) is 0 Å². The molecule has 0 saturated heterocycles. The molecule has 2 aromatic rings. The summed E-state index contributed by atoms with van der Waals surface area (Å²) in [6.07, 6.45) is -0.198. The van der Waals surface area contributed by atoms with Crippen LogP contribution >= 0.6 is 11.3 Å². The number of pyridine rings is 1. The van der Waals surface area contributed by atoms with Gasteiger partial charge in [-0.25, -0.2) is 0 Å². The smallest absolute Gasteiger partial charge is 0.261 e. The molecule has 5 nitrogen and oxygen atoms in total. The SMILES string of the molecule is CCc1cc(-c2cc(C)cc(C)n2)sc1C(=O)NCC(O)CO. The minimum Gasteiger partial charge on any atom is -0.394 e. The van der Waals surface area contributed by atoms with Crippen molar-refractivity contribution >= 4 is 17.2 Å². The highest BCUT2D eigenvalue weighted by molar-refractivity contribution is 7.17. The van der Waals surface area contributed by atoms with Crippen LogP contribution in [0.15, 0.2) is 18.2 Å². The first-order chi connectivity index (χ1) is 10.9. The van der Waals surface area contributed by atoms with Crippen LogP contribution < -0.4 is 5.32 Å². The number of nitrogens with one attached hydrogen (secondary N) is 1. The quantitative estimate of drug-likeness (QED) is 0.755. The van der Waals surface area contributed by atoms with Gasteiger partial charge in [0, 0.05) is 12.2 Å². The van der Waals surface area contributed by atoms with E-state index in [4.69, 9.17) is 5.11 Å². The molecule has 0 saturated carbocycles. The van der Waals surface area contributed by atoms with Crippen molar-refractivity contribution in [1.82, 2.24) is 10.3 Å². The third kappa shape index (κ3) is 4.37. The summed E-state index contributed by atoms with van der Waals surface area (Å²) in [6.45, 7) is 5.64. The third-order valence-electron chi connectivity index (χ3n) is 3.46. The Kier molecular flexibility index (Phi) is 5.87. The van der Waals surface area contributed by atoms with E-state index in [0.29, 0.717) is 4.88 Å². The van der Waals surface area contributed by atoms with E-state index in [1.165, 1.54) is 11.3 Å². The zero-order valence-electron chi connectivity index (χ0n) is 13.6. The lowest BCUT2D eigenvalue weighted by Crippen LogP contribution is -2.33. The summed E-state index contributed by atoms with van der Waals surface area (Å²) in [6, 6.07) is 6.03. The maximum absolute atomic E-state index is 12.3. The lowest BCUT2D eigenvalue weighted by atomic mass is 10.1. The van der Waals surface area contributed by atoms with E-state index in [2.05, 4.69) is 10.3 Å². The second-order valence-corrected chi connectivity index (χ2v) is 6.59. The lowest BCUT2D eigenvalue weighted by molar-refractivity contribution is 0.0804. The number of hydrogen-bond acceptors (Lipinski definition) is 5. The standard InChI is InChI=1S/C17H22N2O3S/c1-4-12-7-15(14-6-10(2)5-11(3)19-14)23-16(12)17(22)18-8-13(21)9-20/h5-7,13,20-21H,4,8-9H2,1-3H3,(H,18,22). The molecule has 2 rings (SSSR count). The average Bonchev–Trinajstić information content (AvgIpc) is 2.95. The molecule has 0 radical (unpaired) electrons. The second-order valence-electron chi connectivity index (χ2n) is 5.54. The van der Waals surface area contributed by atoms with Gasteiger partial charge in [0.2, 0.25) is 0 Å². The predicted molar refractivity (Wildman–Crippen MR) is 91.8 cm³/mol. The normalized spacial score (nSPS) is 12.2. The number of carbonyl (C=O) groups is 1. The first kappa shape index (κ1) is 17.6. The molecule has 2 aromatic heterocycles. The molecular formula is C17H22N2O3S. The highest BCUT2D eigenvalue weighted by atomic mass is 32.1. The van der Waals surface area contributed by atoms with E-state index in [1.54, 1.807) is 0 Å². The lowest BCUT2D eigenvalue weighted by Gasteiger charge is -2.08. The molecule has 0 aromatic carbocycles. The number of aromatic nitrogens is 1. The Morgan fingerprint density at radius 2 is 2.09 bits per heavy atom. The van der Waals surface area contributed by atoms with Crippen LogP contribution in [0.3, 0.4) is 0 Å². The van der Waals surface area contributed by atoms with Crippen LogP contribution in [-0.2, 0) is 6.42 Å². The van der Waals surface area contributed by atoms with Gasteiger partial charge in [-0.3, -0.25) is 9.78 Å². The van der Waals surface area contributed by atoms with E-state index >= 15 is 0 Å². The van der Waals surface area contributed by atoms with Crippen molar-refractivity contribution < 1.29 is 15.0 Å². The molecular weight excluding hydrogens is 312 g/mol. The number of hydrogen-bond donors (Lipinski definition) is 3. The highest BCUT2D eigenvalue weighted by Gasteiger charge is 2.17. The number of aryl methyl sites for hydroxylation is 3.